The number of rotatable bonds is 7. The third kappa shape index (κ3) is 5.42. The van der Waals surface area contributed by atoms with Crippen LogP contribution in [0.4, 0.5) is 5.82 Å². The minimum Gasteiger partial charge on any atom is -0.462 e. The number of carbonyl (C=O) groups is 2. The molecule has 0 radical (unpaired) electrons. The number of hydrogen-bond donors (Lipinski definition) is 1. The molecule has 21 heavy (non-hydrogen) atoms. The maximum absolute atomic E-state index is 11.7. The summed E-state index contributed by atoms with van der Waals surface area (Å²) in [7, 11) is 0. The Hall–Kier alpha value is -2.09. The van der Waals surface area contributed by atoms with Crippen LogP contribution >= 0.6 is 11.8 Å². The molecule has 0 unspecified atom stereocenters. The maximum Gasteiger partial charge on any atom is 0.347 e. The van der Waals surface area contributed by atoms with E-state index in [1.165, 1.54) is 18.0 Å². The number of esters is 2. The van der Waals surface area contributed by atoms with Gasteiger partial charge in [0, 0.05) is 12.4 Å². The van der Waals surface area contributed by atoms with Gasteiger partial charge < -0.3 is 14.8 Å². The molecule has 0 saturated heterocycles. The van der Waals surface area contributed by atoms with Gasteiger partial charge in [-0.05, 0) is 26.2 Å². The molecule has 0 amide bonds. The van der Waals surface area contributed by atoms with E-state index in [0.717, 1.165) is 0 Å². The van der Waals surface area contributed by atoms with Gasteiger partial charge in [0.25, 0.3) is 0 Å². The molecule has 0 aromatic carbocycles. The average molecular weight is 311 g/mol. The lowest BCUT2D eigenvalue weighted by molar-refractivity contribution is -0.146. The summed E-state index contributed by atoms with van der Waals surface area (Å²) in [5.74, 6) is -1.04. The van der Waals surface area contributed by atoms with Gasteiger partial charge in [0.05, 0.1) is 13.2 Å². The van der Waals surface area contributed by atoms with Crippen LogP contribution in [-0.4, -0.2) is 41.4 Å². The van der Waals surface area contributed by atoms with Crippen LogP contribution in [0.15, 0.2) is 29.2 Å². The Kier molecular flexibility index (Phi) is 7.24. The number of ether oxygens (including phenoxy) is 2. The molecular formula is C13H17N3O4S. The zero-order valence-electron chi connectivity index (χ0n) is 12.1. The first-order valence-electron chi connectivity index (χ1n) is 6.30. The minimum atomic E-state index is -0.748. The van der Waals surface area contributed by atoms with Gasteiger partial charge in [-0.25, -0.2) is 19.6 Å². The SMILES string of the molecule is CCOC(=O)C(=CNc1ccnc(SC)n1)C(=O)OCC. The topological polar surface area (TPSA) is 90.4 Å². The van der Waals surface area contributed by atoms with Crippen LogP contribution in [-0.2, 0) is 19.1 Å². The third-order valence-electron chi connectivity index (χ3n) is 2.17. The van der Waals surface area contributed by atoms with Crippen LogP contribution in [0.3, 0.4) is 0 Å². The normalized spacial score (nSPS) is 9.67. The van der Waals surface area contributed by atoms with E-state index >= 15 is 0 Å². The van der Waals surface area contributed by atoms with E-state index in [1.54, 1.807) is 26.1 Å². The van der Waals surface area contributed by atoms with Crippen LogP contribution in [0.2, 0.25) is 0 Å². The Morgan fingerprint density at radius 1 is 1.29 bits per heavy atom. The fourth-order valence-corrected chi connectivity index (χ4v) is 1.64. The second-order valence-electron chi connectivity index (χ2n) is 3.57. The number of carbonyl (C=O) groups excluding carboxylic acids is 2. The van der Waals surface area contributed by atoms with Crippen LogP contribution in [0.1, 0.15) is 13.8 Å². The van der Waals surface area contributed by atoms with Crippen molar-refractivity contribution in [3.8, 4) is 0 Å². The van der Waals surface area contributed by atoms with Crippen LogP contribution in [0.5, 0.6) is 0 Å². The van der Waals surface area contributed by atoms with E-state index in [1.807, 2.05) is 6.26 Å². The Morgan fingerprint density at radius 3 is 2.43 bits per heavy atom. The van der Waals surface area contributed by atoms with Gasteiger partial charge in [-0.2, -0.15) is 0 Å². The summed E-state index contributed by atoms with van der Waals surface area (Å²) >= 11 is 1.38. The van der Waals surface area contributed by atoms with Crippen molar-refractivity contribution >= 4 is 29.5 Å². The number of nitrogens with one attached hydrogen (secondary N) is 1. The molecule has 0 atom stereocenters. The summed E-state index contributed by atoms with van der Waals surface area (Å²) in [6.07, 6.45) is 4.64. The lowest BCUT2D eigenvalue weighted by Gasteiger charge is -2.07. The van der Waals surface area contributed by atoms with E-state index in [9.17, 15) is 9.59 Å². The molecule has 1 rings (SSSR count). The zero-order valence-corrected chi connectivity index (χ0v) is 12.9. The van der Waals surface area contributed by atoms with Crippen LogP contribution in [0, 0.1) is 0 Å². The molecule has 7 nitrogen and oxygen atoms in total. The van der Waals surface area contributed by atoms with Gasteiger partial charge in [-0.1, -0.05) is 11.8 Å². The van der Waals surface area contributed by atoms with E-state index in [4.69, 9.17) is 9.47 Å². The first-order chi connectivity index (χ1) is 10.1. The molecule has 0 saturated carbocycles. The number of anilines is 1. The van der Waals surface area contributed by atoms with Crippen molar-refractivity contribution in [2.75, 3.05) is 24.8 Å². The molecule has 1 aromatic heterocycles. The van der Waals surface area contributed by atoms with Crippen molar-refractivity contribution in [2.45, 2.75) is 19.0 Å². The van der Waals surface area contributed by atoms with Crippen molar-refractivity contribution in [2.24, 2.45) is 0 Å². The third-order valence-corrected chi connectivity index (χ3v) is 2.73. The first-order valence-corrected chi connectivity index (χ1v) is 7.52. The molecule has 0 aliphatic heterocycles. The van der Waals surface area contributed by atoms with Gasteiger partial charge in [0.1, 0.15) is 5.82 Å². The molecule has 0 fully saturated rings. The second kappa shape index (κ2) is 8.96. The summed E-state index contributed by atoms with van der Waals surface area (Å²) in [5.41, 5.74) is -0.219. The lowest BCUT2D eigenvalue weighted by atomic mass is 10.3. The second-order valence-corrected chi connectivity index (χ2v) is 4.35. The highest BCUT2D eigenvalue weighted by atomic mass is 32.2. The molecule has 1 heterocycles. The molecule has 114 valence electrons. The van der Waals surface area contributed by atoms with Crippen LogP contribution in [0.25, 0.3) is 0 Å². The lowest BCUT2D eigenvalue weighted by Crippen LogP contribution is -2.19. The average Bonchev–Trinajstić information content (AvgIpc) is 2.48. The first kappa shape index (κ1) is 17.0. The van der Waals surface area contributed by atoms with Crippen molar-refractivity contribution in [1.29, 1.82) is 0 Å². The van der Waals surface area contributed by atoms with E-state index in [2.05, 4.69) is 15.3 Å². The van der Waals surface area contributed by atoms with Crippen LogP contribution < -0.4 is 5.32 Å². The van der Waals surface area contributed by atoms with Gasteiger partial charge in [0.2, 0.25) is 0 Å². The van der Waals surface area contributed by atoms with E-state index in [0.29, 0.717) is 11.0 Å². The number of nitrogens with zero attached hydrogens (tertiary/aromatic N) is 2. The fraction of sp³-hybridized carbons (Fsp3) is 0.385. The van der Waals surface area contributed by atoms with Gasteiger partial charge >= 0.3 is 11.9 Å². The minimum absolute atomic E-state index is 0.166. The highest BCUT2D eigenvalue weighted by molar-refractivity contribution is 7.98. The predicted molar refractivity (Wildman–Crippen MR) is 78.8 cm³/mol. The fourth-order valence-electron chi connectivity index (χ4n) is 1.28. The van der Waals surface area contributed by atoms with Crippen molar-refractivity contribution in [3.05, 3.63) is 24.0 Å². The van der Waals surface area contributed by atoms with Gasteiger partial charge in [-0.15, -0.1) is 0 Å². The molecule has 8 heteroatoms. The number of hydrogen-bond acceptors (Lipinski definition) is 8. The number of aromatic nitrogens is 2. The largest absolute Gasteiger partial charge is 0.462 e. The highest BCUT2D eigenvalue weighted by Crippen LogP contribution is 2.11. The van der Waals surface area contributed by atoms with Gasteiger partial charge in [-0.3, -0.25) is 0 Å². The van der Waals surface area contributed by atoms with Crippen molar-refractivity contribution < 1.29 is 19.1 Å². The smallest absolute Gasteiger partial charge is 0.347 e. The van der Waals surface area contributed by atoms with E-state index in [-0.39, 0.29) is 18.8 Å². The van der Waals surface area contributed by atoms with Crippen molar-refractivity contribution in [3.63, 3.8) is 0 Å². The summed E-state index contributed by atoms with van der Waals surface area (Å²) in [6.45, 7) is 3.64. The Bertz CT molecular complexity index is 514. The molecule has 0 aliphatic rings. The molecule has 0 aliphatic carbocycles. The molecule has 1 aromatic rings. The summed E-state index contributed by atoms with van der Waals surface area (Å²) < 4.78 is 9.64. The van der Waals surface area contributed by atoms with Crippen molar-refractivity contribution in [1.82, 2.24) is 9.97 Å². The maximum atomic E-state index is 11.7. The van der Waals surface area contributed by atoms with E-state index < -0.39 is 11.9 Å². The summed E-state index contributed by atoms with van der Waals surface area (Å²) in [5, 5.41) is 3.34. The summed E-state index contributed by atoms with van der Waals surface area (Å²) in [4.78, 5) is 31.7. The van der Waals surface area contributed by atoms with Gasteiger partial charge in [0.15, 0.2) is 10.7 Å². The Morgan fingerprint density at radius 2 is 1.90 bits per heavy atom. The summed E-state index contributed by atoms with van der Waals surface area (Å²) in [6, 6.07) is 1.62. The Labute approximate surface area is 127 Å². The predicted octanol–water partition coefficient (Wildman–Crippen LogP) is 1.62. The standard InChI is InChI=1S/C13H17N3O4S/c1-4-19-11(17)9(12(18)20-5-2)8-15-10-6-7-14-13(16-10)21-3/h6-8H,4-5H2,1-3H3,(H,14,15,16). The molecule has 0 spiro atoms. The monoisotopic (exact) mass is 311 g/mol. The molecule has 1 N–H and O–H groups in total. The zero-order chi connectivity index (χ0) is 15.7. The Balaban J connectivity index is 2.90. The highest BCUT2D eigenvalue weighted by Gasteiger charge is 2.20. The molecular weight excluding hydrogens is 294 g/mol. The quantitative estimate of drug-likeness (QED) is 0.203. The molecule has 0 bridgehead atoms. The number of thioether (sulfide) groups is 1.